The summed E-state index contributed by atoms with van der Waals surface area (Å²) in [5.41, 5.74) is 0.559. The number of aliphatic hydroxyl groups is 1. The maximum absolute atomic E-state index is 13.0. The first-order valence-electron chi connectivity index (χ1n) is 8.90. The largest absolute Gasteiger partial charge is 0.465 e. The number of ether oxygens (including phenoxy) is 2. The maximum atomic E-state index is 13.0. The molecular weight excluding hydrogens is 324 g/mol. The topological polar surface area (TPSA) is 86.0 Å². The summed E-state index contributed by atoms with van der Waals surface area (Å²) in [5, 5.41) is 10.3. The van der Waals surface area contributed by atoms with Crippen LogP contribution >= 0.6 is 0 Å². The van der Waals surface area contributed by atoms with Crippen molar-refractivity contribution in [3.8, 4) is 0 Å². The monoisotopic (exact) mass is 344 g/mol. The van der Waals surface area contributed by atoms with Gasteiger partial charge < -0.3 is 19.0 Å². The zero-order valence-electron chi connectivity index (χ0n) is 13.9. The lowest BCUT2D eigenvalue weighted by molar-refractivity contribution is -0.157. The molecule has 2 aliphatic heterocycles. The van der Waals surface area contributed by atoms with Crippen LogP contribution in [0.3, 0.4) is 0 Å². The van der Waals surface area contributed by atoms with Crippen LogP contribution in [0.2, 0.25) is 0 Å². The number of fused-ring (bicyclic) bond motifs is 1. The first-order valence-corrected chi connectivity index (χ1v) is 8.90. The summed E-state index contributed by atoms with van der Waals surface area (Å²) in [5.74, 6) is -0.0640. The molecule has 1 aromatic rings. The summed E-state index contributed by atoms with van der Waals surface area (Å²) in [4.78, 5) is 25.3. The van der Waals surface area contributed by atoms with Crippen LogP contribution in [0.5, 0.6) is 0 Å². The van der Waals surface area contributed by atoms with Crippen molar-refractivity contribution in [1.29, 1.82) is 0 Å². The van der Waals surface area contributed by atoms with Crippen molar-refractivity contribution in [3.63, 3.8) is 0 Å². The second kappa shape index (κ2) is 4.97. The molecule has 1 spiro atoms. The Labute approximate surface area is 144 Å². The van der Waals surface area contributed by atoms with Gasteiger partial charge in [-0.25, -0.2) is 4.79 Å². The lowest BCUT2D eigenvalue weighted by Crippen LogP contribution is -2.50. The molecule has 2 aliphatic carbocycles. The Bertz CT molecular complexity index is 778. The first-order chi connectivity index (χ1) is 12.0. The number of aliphatic hydroxyl groups excluding tert-OH is 1. The van der Waals surface area contributed by atoms with Crippen LogP contribution < -0.4 is 0 Å². The molecule has 6 unspecified atom stereocenters. The number of carbonyl (C=O) groups excluding carboxylic acids is 2. The minimum absolute atomic E-state index is 0.0288. The number of hydrogen-bond acceptors (Lipinski definition) is 6. The second-order valence-electron chi connectivity index (χ2n) is 7.70. The summed E-state index contributed by atoms with van der Waals surface area (Å²) >= 11 is 0. The van der Waals surface area contributed by atoms with Gasteiger partial charge in [0.15, 0.2) is 6.10 Å². The average Bonchev–Trinajstić information content (AvgIpc) is 3.27. The van der Waals surface area contributed by atoms with Gasteiger partial charge in [0.2, 0.25) is 0 Å². The zero-order chi connectivity index (χ0) is 17.3. The van der Waals surface area contributed by atoms with Crippen LogP contribution in [0.25, 0.3) is 0 Å². The molecule has 25 heavy (non-hydrogen) atoms. The van der Waals surface area contributed by atoms with E-state index in [0.717, 1.165) is 5.57 Å². The Morgan fingerprint density at radius 1 is 1.20 bits per heavy atom. The second-order valence-corrected chi connectivity index (χ2v) is 7.70. The molecule has 4 aliphatic rings. The number of hydrogen-bond donors (Lipinski definition) is 1. The number of rotatable bonds is 1. The van der Waals surface area contributed by atoms with E-state index in [1.54, 1.807) is 12.3 Å². The van der Waals surface area contributed by atoms with Crippen molar-refractivity contribution in [1.82, 2.24) is 0 Å². The van der Waals surface area contributed by atoms with Crippen LogP contribution in [0.15, 0.2) is 34.0 Å². The third-order valence-corrected chi connectivity index (χ3v) is 6.65. The molecule has 1 N–H and O–H groups in total. The molecule has 6 heteroatoms. The van der Waals surface area contributed by atoms with Gasteiger partial charge in [0.25, 0.3) is 0 Å². The smallest absolute Gasteiger partial charge is 0.337 e. The molecule has 132 valence electrons. The van der Waals surface area contributed by atoms with Gasteiger partial charge in [0.05, 0.1) is 23.4 Å². The van der Waals surface area contributed by atoms with E-state index < -0.39 is 23.6 Å². The molecule has 0 amide bonds. The van der Waals surface area contributed by atoms with Gasteiger partial charge in [-0.1, -0.05) is 6.92 Å². The van der Waals surface area contributed by atoms with E-state index >= 15 is 0 Å². The fraction of sp³-hybridized carbons (Fsp3) is 0.579. The highest BCUT2D eigenvalue weighted by atomic mass is 16.6. The number of carbonyl (C=O) groups is 2. The lowest BCUT2D eigenvalue weighted by atomic mass is 9.54. The van der Waals surface area contributed by atoms with E-state index in [1.807, 2.05) is 13.0 Å². The molecule has 0 radical (unpaired) electrons. The third-order valence-electron chi connectivity index (χ3n) is 6.65. The van der Waals surface area contributed by atoms with Gasteiger partial charge >= 0.3 is 11.9 Å². The summed E-state index contributed by atoms with van der Waals surface area (Å²) < 4.78 is 16.7. The summed E-state index contributed by atoms with van der Waals surface area (Å²) in [6.07, 6.45) is 2.36. The molecule has 1 saturated heterocycles. The maximum Gasteiger partial charge on any atom is 0.337 e. The molecule has 6 nitrogen and oxygen atoms in total. The Balaban J connectivity index is 1.61. The molecular formula is C19H20O6. The fourth-order valence-electron chi connectivity index (χ4n) is 5.49. The molecule has 1 aromatic heterocycles. The number of furan rings is 1. The molecule has 5 rings (SSSR count). The predicted octanol–water partition coefficient (Wildman–Crippen LogP) is 2.29. The van der Waals surface area contributed by atoms with E-state index in [0.29, 0.717) is 37.0 Å². The van der Waals surface area contributed by atoms with Crippen molar-refractivity contribution in [2.45, 2.75) is 50.9 Å². The molecule has 6 atom stereocenters. The summed E-state index contributed by atoms with van der Waals surface area (Å²) in [6.45, 7) is 2.04. The van der Waals surface area contributed by atoms with Gasteiger partial charge in [0, 0.05) is 12.3 Å². The Morgan fingerprint density at radius 3 is 2.80 bits per heavy atom. The van der Waals surface area contributed by atoms with Crippen LogP contribution in [0, 0.1) is 17.3 Å². The summed E-state index contributed by atoms with van der Waals surface area (Å²) in [6, 6.07) is 3.61. The van der Waals surface area contributed by atoms with Crippen molar-refractivity contribution >= 4 is 11.9 Å². The Kier molecular flexibility index (Phi) is 3.02. The van der Waals surface area contributed by atoms with Gasteiger partial charge in [-0.3, -0.25) is 4.79 Å². The quantitative estimate of drug-likeness (QED) is 0.787. The standard InChI is InChI=1S/C19H20O6/c1-9-7-13-15-10(4-5-11(20)16(15)17(21)24-13)19(9)8-14(25-18(19)22)12-3-2-6-23-12/h2-3,6,9-11,13-14,20H,4-5,7-8H2,1H3. The average molecular weight is 344 g/mol. The third kappa shape index (κ3) is 1.83. The van der Waals surface area contributed by atoms with Gasteiger partial charge in [-0.15, -0.1) is 0 Å². The van der Waals surface area contributed by atoms with Crippen LogP contribution in [0.1, 0.15) is 44.5 Å². The van der Waals surface area contributed by atoms with E-state index in [9.17, 15) is 14.7 Å². The van der Waals surface area contributed by atoms with Crippen LogP contribution in [-0.2, 0) is 19.1 Å². The lowest BCUT2D eigenvalue weighted by Gasteiger charge is -2.47. The highest BCUT2D eigenvalue weighted by molar-refractivity contribution is 5.95. The minimum Gasteiger partial charge on any atom is -0.465 e. The van der Waals surface area contributed by atoms with Gasteiger partial charge in [0.1, 0.15) is 11.9 Å². The normalized spacial score (nSPS) is 42.6. The Morgan fingerprint density at radius 2 is 2.04 bits per heavy atom. The van der Waals surface area contributed by atoms with E-state index in [2.05, 4.69) is 0 Å². The van der Waals surface area contributed by atoms with Crippen molar-refractivity contribution in [2.75, 3.05) is 0 Å². The highest BCUT2D eigenvalue weighted by Crippen LogP contribution is 2.62. The van der Waals surface area contributed by atoms with Gasteiger partial charge in [-0.05, 0) is 42.9 Å². The Hall–Kier alpha value is -2.08. The first kappa shape index (κ1) is 15.2. The predicted molar refractivity (Wildman–Crippen MR) is 84.0 cm³/mol. The summed E-state index contributed by atoms with van der Waals surface area (Å²) in [7, 11) is 0. The zero-order valence-corrected chi connectivity index (χ0v) is 13.9. The van der Waals surface area contributed by atoms with Crippen LogP contribution in [0.4, 0.5) is 0 Å². The highest BCUT2D eigenvalue weighted by Gasteiger charge is 2.65. The molecule has 0 bridgehead atoms. The van der Waals surface area contributed by atoms with E-state index in [-0.39, 0.29) is 23.9 Å². The van der Waals surface area contributed by atoms with E-state index in [4.69, 9.17) is 13.9 Å². The van der Waals surface area contributed by atoms with Gasteiger partial charge in [-0.2, -0.15) is 0 Å². The minimum atomic E-state index is -0.785. The molecule has 3 heterocycles. The van der Waals surface area contributed by atoms with Crippen molar-refractivity contribution in [2.24, 2.45) is 17.3 Å². The van der Waals surface area contributed by atoms with Crippen molar-refractivity contribution < 1.29 is 28.6 Å². The SMILES string of the molecule is CC1CC2OC(=O)C3=C2C(CCC3O)C12CC(c1ccco1)OC2=O. The molecule has 2 fully saturated rings. The van der Waals surface area contributed by atoms with E-state index in [1.165, 1.54) is 0 Å². The molecule has 1 saturated carbocycles. The fourth-order valence-corrected chi connectivity index (χ4v) is 5.49. The molecule has 0 aromatic carbocycles. The number of esters is 2. The van der Waals surface area contributed by atoms with Crippen molar-refractivity contribution in [3.05, 3.63) is 35.3 Å². The van der Waals surface area contributed by atoms with Crippen LogP contribution in [-0.4, -0.2) is 29.3 Å². The number of cyclic esters (lactones) is 1.